The van der Waals surface area contributed by atoms with Crippen LogP contribution in [0.5, 0.6) is 0 Å². The highest BCUT2D eigenvalue weighted by Gasteiger charge is 2.60. The van der Waals surface area contributed by atoms with Crippen LogP contribution in [-0.2, 0) is 0 Å². The van der Waals surface area contributed by atoms with Crippen molar-refractivity contribution >= 4 is 16.9 Å². The van der Waals surface area contributed by atoms with Crippen molar-refractivity contribution in [3.63, 3.8) is 0 Å². The monoisotopic (exact) mass is 306 g/mol. The molecule has 1 N–H and O–H groups in total. The molecule has 4 fully saturated rings. The molecule has 3 atom stereocenters. The summed E-state index contributed by atoms with van der Waals surface area (Å²) in [5, 5.41) is 5.26. The molecule has 4 bridgehead atoms. The number of thioether (sulfide) groups is 1. The smallest absolute Gasteiger partial charge is 0.157 e. The quantitative estimate of drug-likeness (QED) is 0.806. The summed E-state index contributed by atoms with van der Waals surface area (Å²) in [5.41, 5.74) is 1.54. The first-order chi connectivity index (χ1) is 9.92. The van der Waals surface area contributed by atoms with Crippen LogP contribution < -0.4 is 5.32 Å². The van der Waals surface area contributed by atoms with Gasteiger partial charge in [0.2, 0.25) is 0 Å². The van der Waals surface area contributed by atoms with E-state index >= 15 is 0 Å². The van der Waals surface area contributed by atoms with Crippen LogP contribution in [0.3, 0.4) is 0 Å². The summed E-state index contributed by atoms with van der Waals surface area (Å²) in [7, 11) is 0. The maximum Gasteiger partial charge on any atom is 0.157 e. The molecule has 1 aliphatic heterocycles. The molecule has 1 heterocycles. The van der Waals surface area contributed by atoms with Gasteiger partial charge in [-0.25, -0.2) is 0 Å². The van der Waals surface area contributed by atoms with Crippen LogP contribution in [-0.4, -0.2) is 22.5 Å². The molecule has 5 rings (SSSR count). The van der Waals surface area contributed by atoms with Gasteiger partial charge in [-0.3, -0.25) is 4.99 Å². The van der Waals surface area contributed by atoms with Gasteiger partial charge in [-0.05, 0) is 68.1 Å². The fraction of sp³-hybridized carbons (Fsp3) is 0.944. The summed E-state index contributed by atoms with van der Waals surface area (Å²) in [6.45, 7) is 7.38. The molecule has 3 unspecified atom stereocenters. The molecule has 0 aromatic carbocycles. The van der Waals surface area contributed by atoms with Gasteiger partial charge < -0.3 is 5.32 Å². The summed E-state index contributed by atoms with van der Waals surface area (Å²) in [5.74, 6) is 2.21. The molecule has 4 saturated carbocycles. The minimum Gasteiger partial charge on any atom is -0.359 e. The number of hydrogen-bond donors (Lipinski definition) is 1. The molecule has 118 valence electrons. The van der Waals surface area contributed by atoms with E-state index in [1.807, 2.05) is 11.8 Å². The highest BCUT2D eigenvalue weighted by Crippen LogP contribution is 2.66. The standard InChI is InChI=1S/C18H30N2S/c1-4-14-5-6-21-15(19-14)20-18-9-13-7-16(2,11-18)10-17(3,8-13)12-18/h13-14H,4-12H2,1-3H3,(H,19,20). The van der Waals surface area contributed by atoms with E-state index in [-0.39, 0.29) is 0 Å². The predicted octanol–water partition coefficient (Wildman–Crippen LogP) is 4.60. The molecule has 4 aliphatic carbocycles. The fourth-order valence-electron chi connectivity index (χ4n) is 6.74. The normalized spacial score (nSPS) is 51.9. The number of amidine groups is 1. The van der Waals surface area contributed by atoms with Gasteiger partial charge in [0.25, 0.3) is 0 Å². The Morgan fingerprint density at radius 3 is 2.48 bits per heavy atom. The summed E-state index contributed by atoms with van der Waals surface area (Å²) in [4.78, 5) is 4.99. The van der Waals surface area contributed by atoms with E-state index in [2.05, 4.69) is 26.1 Å². The van der Waals surface area contributed by atoms with Crippen molar-refractivity contribution in [2.45, 2.75) is 83.7 Å². The molecule has 0 aromatic heterocycles. The number of hydrogen-bond acceptors (Lipinski definition) is 3. The van der Waals surface area contributed by atoms with E-state index in [0.717, 1.165) is 5.92 Å². The maximum absolute atomic E-state index is 4.99. The molecule has 21 heavy (non-hydrogen) atoms. The Labute approximate surface area is 133 Å². The van der Waals surface area contributed by atoms with E-state index in [0.29, 0.717) is 22.4 Å². The van der Waals surface area contributed by atoms with Gasteiger partial charge in [-0.1, -0.05) is 32.5 Å². The Balaban J connectivity index is 1.58. The van der Waals surface area contributed by atoms with Gasteiger partial charge in [0.05, 0.1) is 6.04 Å². The number of rotatable bonds is 2. The molecule has 3 heteroatoms. The molecule has 0 amide bonds. The van der Waals surface area contributed by atoms with Crippen molar-refractivity contribution in [1.82, 2.24) is 5.32 Å². The molecule has 2 nitrogen and oxygen atoms in total. The highest BCUT2D eigenvalue weighted by atomic mass is 32.2. The van der Waals surface area contributed by atoms with E-state index < -0.39 is 0 Å². The van der Waals surface area contributed by atoms with Crippen LogP contribution in [0.2, 0.25) is 0 Å². The zero-order valence-electron chi connectivity index (χ0n) is 13.9. The molecular formula is C18H30N2S. The van der Waals surface area contributed by atoms with Crippen LogP contribution in [0.15, 0.2) is 4.99 Å². The maximum atomic E-state index is 4.99. The third-order valence-corrected chi connectivity index (χ3v) is 7.38. The topological polar surface area (TPSA) is 24.4 Å². The van der Waals surface area contributed by atoms with Crippen molar-refractivity contribution in [1.29, 1.82) is 0 Å². The Morgan fingerprint density at radius 1 is 1.14 bits per heavy atom. The molecule has 0 saturated heterocycles. The lowest BCUT2D eigenvalue weighted by molar-refractivity contribution is -0.111. The average Bonchev–Trinajstić information content (AvgIpc) is 2.33. The van der Waals surface area contributed by atoms with Crippen molar-refractivity contribution in [3.05, 3.63) is 0 Å². The lowest BCUT2D eigenvalue weighted by atomic mass is 9.43. The van der Waals surface area contributed by atoms with E-state index in [1.54, 1.807) is 0 Å². The highest BCUT2D eigenvalue weighted by molar-refractivity contribution is 8.13. The largest absolute Gasteiger partial charge is 0.359 e. The molecular weight excluding hydrogens is 276 g/mol. The van der Waals surface area contributed by atoms with Crippen molar-refractivity contribution < 1.29 is 0 Å². The van der Waals surface area contributed by atoms with Gasteiger partial charge in [0.1, 0.15) is 0 Å². The molecule has 0 aromatic rings. The van der Waals surface area contributed by atoms with Gasteiger partial charge in [-0.2, -0.15) is 0 Å². The second kappa shape index (κ2) is 4.66. The Bertz CT molecular complexity index is 454. The summed E-state index contributed by atoms with van der Waals surface area (Å²) < 4.78 is 0. The zero-order chi connectivity index (χ0) is 14.7. The lowest BCUT2D eigenvalue weighted by Gasteiger charge is -2.65. The Morgan fingerprint density at radius 2 is 1.86 bits per heavy atom. The first-order valence-electron chi connectivity index (χ1n) is 8.90. The fourth-order valence-corrected chi connectivity index (χ4v) is 7.83. The van der Waals surface area contributed by atoms with Crippen molar-refractivity contribution in [2.75, 3.05) is 5.75 Å². The zero-order valence-corrected chi connectivity index (χ0v) is 14.7. The number of aliphatic imine (C=N–C) groups is 1. The molecule has 0 spiro atoms. The first-order valence-corrected chi connectivity index (χ1v) is 9.89. The van der Waals surface area contributed by atoms with Gasteiger partial charge in [0.15, 0.2) is 5.17 Å². The minimum atomic E-state index is 0.365. The third-order valence-electron chi connectivity index (χ3n) is 6.46. The molecule has 5 aliphatic rings. The summed E-state index contributed by atoms with van der Waals surface area (Å²) in [6, 6.07) is 0.564. The minimum absolute atomic E-state index is 0.365. The van der Waals surface area contributed by atoms with Crippen molar-refractivity contribution in [2.24, 2.45) is 21.7 Å². The second-order valence-electron chi connectivity index (χ2n) is 9.17. The predicted molar refractivity (Wildman–Crippen MR) is 91.9 cm³/mol. The average molecular weight is 307 g/mol. The summed E-state index contributed by atoms with van der Waals surface area (Å²) >= 11 is 1.97. The van der Waals surface area contributed by atoms with E-state index in [4.69, 9.17) is 4.99 Å². The van der Waals surface area contributed by atoms with Gasteiger partial charge in [-0.15, -0.1) is 0 Å². The number of nitrogens with zero attached hydrogens (tertiary/aromatic N) is 1. The van der Waals surface area contributed by atoms with Crippen molar-refractivity contribution in [3.8, 4) is 0 Å². The van der Waals surface area contributed by atoms with E-state index in [9.17, 15) is 0 Å². The first kappa shape index (κ1) is 14.4. The van der Waals surface area contributed by atoms with Crippen LogP contribution in [0, 0.1) is 16.7 Å². The molecule has 0 radical (unpaired) electrons. The van der Waals surface area contributed by atoms with Crippen LogP contribution in [0.1, 0.15) is 72.1 Å². The Hall–Kier alpha value is -0.180. The third kappa shape index (κ3) is 2.54. The van der Waals surface area contributed by atoms with Gasteiger partial charge >= 0.3 is 0 Å². The Kier molecular flexibility index (Phi) is 3.20. The second-order valence-corrected chi connectivity index (χ2v) is 10.3. The van der Waals surface area contributed by atoms with Gasteiger partial charge in [0, 0.05) is 11.3 Å². The lowest BCUT2D eigenvalue weighted by Crippen LogP contribution is -2.65. The summed E-state index contributed by atoms with van der Waals surface area (Å²) in [6.07, 6.45) is 11.0. The number of nitrogens with one attached hydrogen (secondary N) is 1. The van der Waals surface area contributed by atoms with E-state index in [1.165, 1.54) is 62.3 Å². The van der Waals surface area contributed by atoms with Crippen LogP contribution in [0.4, 0.5) is 0 Å². The SMILES string of the molecule is CCC1CCSC(NC23CC4CC(C)(CC(C)(C4)C2)C3)=N1. The van der Waals surface area contributed by atoms with Crippen LogP contribution in [0.25, 0.3) is 0 Å². The van der Waals surface area contributed by atoms with Crippen LogP contribution >= 0.6 is 11.8 Å².